The number of piperidine rings is 1. The summed E-state index contributed by atoms with van der Waals surface area (Å²) in [7, 11) is -3.65. The van der Waals surface area contributed by atoms with Crippen molar-refractivity contribution in [3.63, 3.8) is 0 Å². The molecule has 180 valence electrons. The molecule has 0 unspecified atom stereocenters. The minimum absolute atomic E-state index is 0.00880. The number of fused-ring (bicyclic) bond motifs is 1. The average Bonchev–Trinajstić information content (AvgIpc) is 2.85. The van der Waals surface area contributed by atoms with Crippen molar-refractivity contribution < 1.29 is 17.2 Å². The lowest BCUT2D eigenvalue weighted by Crippen LogP contribution is -2.35. The highest BCUT2D eigenvalue weighted by atomic mass is 32.2. The van der Waals surface area contributed by atoms with Gasteiger partial charge in [0.2, 0.25) is 10.0 Å². The summed E-state index contributed by atoms with van der Waals surface area (Å²) in [6, 6.07) is 9.29. The summed E-state index contributed by atoms with van der Waals surface area (Å²) in [6.45, 7) is 0.951. The van der Waals surface area contributed by atoms with Gasteiger partial charge in [-0.1, -0.05) is 12.5 Å². The number of H-pyrrole nitrogens is 1. The van der Waals surface area contributed by atoms with E-state index in [-0.39, 0.29) is 38.6 Å². The van der Waals surface area contributed by atoms with Gasteiger partial charge in [0.1, 0.15) is 22.3 Å². The maximum atomic E-state index is 14.4. The number of nitrogens with zero attached hydrogens (tertiary/aromatic N) is 3. The highest BCUT2D eigenvalue weighted by Gasteiger charge is 2.26. The van der Waals surface area contributed by atoms with E-state index in [2.05, 4.69) is 20.3 Å². The second-order valence-corrected chi connectivity index (χ2v) is 10.1. The van der Waals surface area contributed by atoms with Crippen molar-refractivity contribution >= 4 is 32.4 Å². The van der Waals surface area contributed by atoms with Crippen molar-refractivity contribution in [1.82, 2.24) is 19.3 Å². The van der Waals surface area contributed by atoms with Gasteiger partial charge < -0.3 is 10.3 Å². The van der Waals surface area contributed by atoms with Gasteiger partial charge in [0, 0.05) is 25.5 Å². The third-order valence-corrected chi connectivity index (χ3v) is 7.78. The monoisotopic (exact) mass is 497 g/mol. The fourth-order valence-corrected chi connectivity index (χ4v) is 5.62. The molecule has 0 aliphatic carbocycles. The molecule has 1 aliphatic rings. The van der Waals surface area contributed by atoms with E-state index in [9.17, 15) is 22.0 Å². The summed E-state index contributed by atoms with van der Waals surface area (Å²) in [5.41, 5.74) is -0.351. The number of pyridine rings is 3. The van der Waals surface area contributed by atoms with Crippen molar-refractivity contribution in [2.45, 2.75) is 24.2 Å². The third-order valence-electron chi connectivity index (χ3n) is 5.90. The molecule has 1 fully saturated rings. The Bertz CT molecular complexity index is 1550. The molecule has 1 saturated heterocycles. The second kappa shape index (κ2) is 9.16. The lowest BCUT2D eigenvalue weighted by Gasteiger charge is -2.25. The molecule has 8 nitrogen and oxygen atoms in total. The molecular weight excluding hydrogens is 476 g/mol. The summed E-state index contributed by atoms with van der Waals surface area (Å²) in [4.78, 5) is 23.7. The first-order chi connectivity index (χ1) is 16.8. The first kappa shape index (κ1) is 23.1. The predicted molar refractivity (Wildman–Crippen MR) is 128 cm³/mol. The second-order valence-electron chi connectivity index (χ2n) is 8.19. The van der Waals surface area contributed by atoms with E-state index in [4.69, 9.17) is 0 Å². The zero-order chi connectivity index (χ0) is 24.6. The molecule has 1 aliphatic heterocycles. The number of hydrogen-bond acceptors (Lipinski definition) is 6. The smallest absolute Gasteiger partial charge is 0.259 e. The summed E-state index contributed by atoms with van der Waals surface area (Å²) in [5, 5.41) is 3.14. The third kappa shape index (κ3) is 4.40. The molecule has 11 heteroatoms. The van der Waals surface area contributed by atoms with E-state index in [1.54, 1.807) is 0 Å². The standard InChI is InChI=1S/C24H21F2N5O3S/c25-16-5-4-6-17(26)22(16)19-13-20(23-18(29-19)9-10-27-24(23)32)30-21-8-7-15(14-28-21)35(33,34)31-11-2-1-3-12-31/h4-10,13-14H,1-3,11-12H2,(H,27,32)(H,28,29,30). The van der Waals surface area contributed by atoms with E-state index in [0.717, 1.165) is 31.4 Å². The number of sulfonamides is 1. The van der Waals surface area contributed by atoms with E-state index in [1.165, 1.54) is 47.0 Å². The Balaban J connectivity index is 1.54. The Hall–Kier alpha value is -3.70. The molecule has 4 aromatic rings. The van der Waals surface area contributed by atoms with E-state index >= 15 is 0 Å². The highest BCUT2D eigenvalue weighted by molar-refractivity contribution is 7.89. The molecule has 35 heavy (non-hydrogen) atoms. The van der Waals surface area contributed by atoms with E-state index < -0.39 is 27.2 Å². The number of aromatic amines is 1. The molecule has 0 saturated carbocycles. The van der Waals surface area contributed by atoms with Crippen LogP contribution < -0.4 is 10.9 Å². The molecule has 3 aromatic heterocycles. The minimum atomic E-state index is -3.65. The Morgan fingerprint density at radius 2 is 1.74 bits per heavy atom. The molecule has 0 amide bonds. The van der Waals surface area contributed by atoms with Gasteiger partial charge in [-0.2, -0.15) is 4.31 Å². The normalized spacial score (nSPS) is 14.8. The summed E-state index contributed by atoms with van der Waals surface area (Å²) in [6.07, 6.45) is 5.28. The molecule has 0 radical (unpaired) electrons. The molecule has 0 bridgehead atoms. The molecule has 0 spiro atoms. The fraction of sp³-hybridized carbons (Fsp3) is 0.208. The van der Waals surface area contributed by atoms with Crippen LogP contribution in [-0.4, -0.2) is 40.8 Å². The van der Waals surface area contributed by atoms with Crippen molar-refractivity contribution in [2.24, 2.45) is 0 Å². The number of nitrogens with one attached hydrogen (secondary N) is 2. The van der Waals surface area contributed by atoms with Crippen LogP contribution in [0.2, 0.25) is 0 Å². The van der Waals surface area contributed by atoms with Gasteiger partial charge in [0.25, 0.3) is 5.56 Å². The molecule has 0 atom stereocenters. The largest absolute Gasteiger partial charge is 0.339 e. The zero-order valence-corrected chi connectivity index (χ0v) is 19.3. The lowest BCUT2D eigenvalue weighted by molar-refractivity contribution is 0.346. The van der Waals surface area contributed by atoms with E-state index in [0.29, 0.717) is 13.1 Å². The number of rotatable bonds is 5. The fourth-order valence-electron chi connectivity index (χ4n) is 4.16. The number of hydrogen-bond donors (Lipinski definition) is 2. The van der Waals surface area contributed by atoms with Gasteiger partial charge in [-0.3, -0.25) is 4.79 Å². The maximum Gasteiger partial charge on any atom is 0.259 e. The van der Waals surface area contributed by atoms with Gasteiger partial charge in [0.05, 0.1) is 27.8 Å². The average molecular weight is 498 g/mol. The number of halogens is 2. The van der Waals surface area contributed by atoms with Crippen molar-refractivity contribution in [2.75, 3.05) is 18.4 Å². The summed E-state index contributed by atoms with van der Waals surface area (Å²) in [5.74, 6) is -1.34. The molecule has 1 aromatic carbocycles. The van der Waals surface area contributed by atoms with Crippen LogP contribution in [0.15, 0.2) is 64.5 Å². The van der Waals surface area contributed by atoms with Crippen molar-refractivity contribution in [3.05, 3.63) is 76.8 Å². The SMILES string of the molecule is O=c1[nH]ccc2nc(-c3c(F)cccc3F)cc(Nc3ccc(S(=O)(=O)N4CCCCC4)cn3)c12. The van der Waals surface area contributed by atoms with Gasteiger partial charge in [-0.05, 0) is 49.2 Å². The van der Waals surface area contributed by atoms with Crippen LogP contribution in [0.1, 0.15) is 19.3 Å². The quantitative estimate of drug-likeness (QED) is 0.428. The Morgan fingerprint density at radius 3 is 2.43 bits per heavy atom. The van der Waals surface area contributed by atoms with Crippen LogP contribution >= 0.6 is 0 Å². The Labute approximate surface area is 199 Å². The first-order valence-corrected chi connectivity index (χ1v) is 12.5. The predicted octanol–water partition coefficient (Wildman–Crippen LogP) is 4.18. The Kier molecular flexibility index (Phi) is 6.03. The zero-order valence-electron chi connectivity index (χ0n) is 18.5. The van der Waals surface area contributed by atoms with Crippen molar-refractivity contribution in [1.29, 1.82) is 0 Å². The van der Waals surface area contributed by atoms with Gasteiger partial charge in [-0.25, -0.2) is 27.2 Å². The number of anilines is 2. The van der Waals surface area contributed by atoms with Crippen LogP contribution in [-0.2, 0) is 10.0 Å². The van der Waals surface area contributed by atoms with Crippen molar-refractivity contribution in [3.8, 4) is 11.3 Å². The topological polar surface area (TPSA) is 108 Å². The molecule has 5 rings (SSSR count). The number of aromatic nitrogens is 3. The summed E-state index contributed by atoms with van der Waals surface area (Å²) >= 11 is 0. The summed E-state index contributed by atoms with van der Waals surface area (Å²) < 4.78 is 56.1. The Morgan fingerprint density at radius 1 is 1.00 bits per heavy atom. The molecule has 2 N–H and O–H groups in total. The molecule has 4 heterocycles. The minimum Gasteiger partial charge on any atom is -0.339 e. The van der Waals surface area contributed by atoms with Gasteiger partial charge in [-0.15, -0.1) is 0 Å². The van der Waals surface area contributed by atoms with Gasteiger partial charge >= 0.3 is 0 Å². The van der Waals surface area contributed by atoms with Crippen LogP contribution in [0.25, 0.3) is 22.2 Å². The van der Waals surface area contributed by atoms with Crippen LogP contribution in [0, 0.1) is 11.6 Å². The van der Waals surface area contributed by atoms with Crippen LogP contribution in [0.5, 0.6) is 0 Å². The van der Waals surface area contributed by atoms with Crippen LogP contribution in [0.3, 0.4) is 0 Å². The first-order valence-electron chi connectivity index (χ1n) is 11.0. The van der Waals surface area contributed by atoms with E-state index in [1.807, 2.05) is 0 Å². The van der Waals surface area contributed by atoms with Gasteiger partial charge in [0.15, 0.2) is 0 Å². The van der Waals surface area contributed by atoms with Crippen LogP contribution in [0.4, 0.5) is 20.3 Å². The number of benzene rings is 1. The highest BCUT2D eigenvalue weighted by Crippen LogP contribution is 2.31. The lowest BCUT2D eigenvalue weighted by atomic mass is 10.1. The molecular formula is C24H21F2N5O3S. The maximum absolute atomic E-state index is 14.4.